The number of hydrogen-bond acceptors (Lipinski definition) is 2. The highest BCUT2D eigenvalue weighted by molar-refractivity contribution is 9.10. The third kappa shape index (κ3) is 3.00. The summed E-state index contributed by atoms with van der Waals surface area (Å²) in [7, 11) is 0. The number of halogens is 2. The molecule has 0 radical (unpaired) electrons. The monoisotopic (exact) mass is 399 g/mol. The molecule has 0 amide bonds. The van der Waals surface area contributed by atoms with E-state index in [1.807, 2.05) is 10.9 Å². The van der Waals surface area contributed by atoms with Crippen LogP contribution in [0.25, 0.3) is 0 Å². The van der Waals surface area contributed by atoms with Crippen molar-refractivity contribution in [3.63, 3.8) is 0 Å². The molecule has 2 aromatic rings. The summed E-state index contributed by atoms with van der Waals surface area (Å²) < 4.78 is 4.23. The van der Waals surface area contributed by atoms with Gasteiger partial charge >= 0.3 is 0 Å². The molecule has 0 fully saturated rings. The van der Waals surface area contributed by atoms with E-state index in [1.165, 1.54) is 16.8 Å². The molecular weight excluding hydrogens is 382 g/mol. The molecule has 0 saturated heterocycles. The van der Waals surface area contributed by atoms with E-state index >= 15 is 0 Å². The van der Waals surface area contributed by atoms with E-state index in [9.17, 15) is 0 Å². The minimum absolute atomic E-state index is 0.117. The first-order valence-corrected chi connectivity index (χ1v) is 8.38. The Hall–Kier alpha value is -0.650. The molecule has 0 saturated carbocycles. The van der Waals surface area contributed by atoms with Gasteiger partial charge in [0, 0.05) is 11.0 Å². The smallest absolute Gasteiger partial charge is 0.0770 e. The predicted octanol–water partition coefficient (Wildman–Crippen LogP) is 4.44. The van der Waals surface area contributed by atoms with Gasteiger partial charge in [0.25, 0.3) is 0 Å². The second-order valence-corrected chi connectivity index (χ2v) is 6.31. The fourth-order valence-corrected chi connectivity index (χ4v) is 3.38. The minimum atomic E-state index is 0.117. The van der Waals surface area contributed by atoms with Crippen molar-refractivity contribution in [2.24, 2.45) is 0 Å². The largest absolute Gasteiger partial charge is 0.305 e. The third-order valence-electron chi connectivity index (χ3n) is 3.35. The topological polar surface area (TPSA) is 29.9 Å². The molecule has 0 bridgehead atoms. The molecule has 1 atom stereocenters. The van der Waals surface area contributed by atoms with Gasteiger partial charge in [-0.15, -0.1) is 0 Å². The summed E-state index contributed by atoms with van der Waals surface area (Å²) >= 11 is 7.35. The first-order chi connectivity index (χ1) is 9.60. The Bertz CT molecular complexity index is 593. The molecule has 0 aliphatic rings. The standard InChI is InChI=1S/C15H19Br2N3/c1-4-18-14(11-8-6-7-10(3)13(11)17)15-12(16)9-19-20(15)5-2/h6-9,14,18H,4-5H2,1-3H3. The number of aromatic nitrogens is 2. The lowest BCUT2D eigenvalue weighted by atomic mass is 10.0. The van der Waals surface area contributed by atoms with Gasteiger partial charge in [0.05, 0.1) is 22.4 Å². The quantitative estimate of drug-likeness (QED) is 0.804. The van der Waals surface area contributed by atoms with E-state index in [4.69, 9.17) is 0 Å². The van der Waals surface area contributed by atoms with Crippen molar-refractivity contribution in [2.75, 3.05) is 6.54 Å². The highest BCUT2D eigenvalue weighted by Crippen LogP contribution is 2.34. The van der Waals surface area contributed by atoms with Gasteiger partial charge in [-0.05, 0) is 47.4 Å². The summed E-state index contributed by atoms with van der Waals surface area (Å²) in [5.41, 5.74) is 3.65. The van der Waals surface area contributed by atoms with Gasteiger partial charge < -0.3 is 5.32 Å². The van der Waals surface area contributed by atoms with Crippen molar-refractivity contribution in [2.45, 2.75) is 33.4 Å². The highest BCUT2D eigenvalue weighted by atomic mass is 79.9. The summed E-state index contributed by atoms with van der Waals surface area (Å²) in [5, 5.41) is 7.99. The molecule has 1 aromatic carbocycles. The van der Waals surface area contributed by atoms with E-state index in [2.05, 4.69) is 81.2 Å². The van der Waals surface area contributed by atoms with Crippen LogP contribution in [0.1, 0.15) is 36.7 Å². The van der Waals surface area contributed by atoms with E-state index < -0.39 is 0 Å². The Kier molecular flexibility index (Phi) is 5.41. The van der Waals surface area contributed by atoms with Crippen molar-refractivity contribution in [1.82, 2.24) is 15.1 Å². The van der Waals surface area contributed by atoms with Crippen molar-refractivity contribution in [3.05, 3.63) is 50.2 Å². The second kappa shape index (κ2) is 6.87. The zero-order valence-corrected chi connectivity index (χ0v) is 15.1. The molecule has 5 heteroatoms. The van der Waals surface area contributed by atoms with E-state index in [0.717, 1.165) is 22.0 Å². The van der Waals surface area contributed by atoms with Crippen LogP contribution >= 0.6 is 31.9 Å². The molecule has 20 heavy (non-hydrogen) atoms. The maximum Gasteiger partial charge on any atom is 0.0770 e. The molecule has 1 heterocycles. The summed E-state index contributed by atoms with van der Waals surface area (Å²) in [4.78, 5) is 0. The zero-order valence-electron chi connectivity index (χ0n) is 12.0. The molecule has 0 spiro atoms. The van der Waals surface area contributed by atoms with E-state index in [0.29, 0.717) is 0 Å². The summed E-state index contributed by atoms with van der Waals surface area (Å²) in [6.07, 6.45) is 1.87. The van der Waals surface area contributed by atoms with Crippen LogP contribution in [0.3, 0.4) is 0 Å². The van der Waals surface area contributed by atoms with Crippen LogP contribution in [0, 0.1) is 6.92 Å². The summed E-state index contributed by atoms with van der Waals surface area (Å²) in [5.74, 6) is 0. The number of nitrogens with zero attached hydrogens (tertiary/aromatic N) is 2. The van der Waals surface area contributed by atoms with Crippen LogP contribution in [0.2, 0.25) is 0 Å². The number of nitrogens with one attached hydrogen (secondary N) is 1. The molecule has 1 N–H and O–H groups in total. The van der Waals surface area contributed by atoms with E-state index in [-0.39, 0.29) is 6.04 Å². The van der Waals surface area contributed by atoms with Crippen molar-refractivity contribution >= 4 is 31.9 Å². The summed E-state index contributed by atoms with van der Waals surface area (Å²) in [6, 6.07) is 6.48. The first-order valence-electron chi connectivity index (χ1n) is 6.79. The molecule has 108 valence electrons. The predicted molar refractivity (Wildman–Crippen MR) is 90.0 cm³/mol. The Morgan fingerprint density at radius 2 is 2.05 bits per heavy atom. The van der Waals surface area contributed by atoms with Crippen molar-refractivity contribution in [3.8, 4) is 0 Å². The van der Waals surface area contributed by atoms with Crippen LogP contribution in [0.4, 0.5) is 0 Å². The normalized spacial score (nSPS) is 12.7. The van der Waals surface area contributed by atoms with Crippen LogP contribution in [-0.4, -0.2) is 16.3 Å². The third-order valence-corrected chi connectivity index (χ3v) is 5.04. The Morgan fingerprint density at radius 1 is 1.30 bits per heavy atom. The lowest BCUT2D eigenvalue weighted by Crippen LogP contribution is -2.25. The van der Waals surface area contributed by atoms with Gasteiger partial charge in [0.15, 0.2) is 0 Å². The number of benzene rings is 1. The maximum absolute atomic E-state index is 4.43. The van der Waals surface area contributed by atoms with Crippen LogP contribution < -0.4 is 5.32 Å². The van der Waals surface area contributed by atoms with Crippen molar-refractivity contribution < 1.29 is 0 Å². The molecule has 1 aromatic heterocycles. The maximum atomic E-state index is 4.43. The van der Waals surface area contributed by atoms with E-state index in [1.54, 1.807) is 0 Å². The molecule has 3 nitrogen and oxygen atoms in total. The fraction of sp³-hybridized carbons (Fsp3) is 0.400. The van der Waals surface area contributed by atoms with Crippen LogP contribution in [-0.2, 0) is 6.54 Å². The number of aryl methyl sites for hydroxylation is 2. The minimum Gasteiger partial charge on any atom is -0.305 e. The first kappa shape index (κ1) is 15.7. The van der Waals surface area contributed by atoms with Crippen molar-refractivity contribution in [1.29, 1.82) is 0 Å². The molecule has 1 unspecified atom stereocenters. The van der Waals surface area contributed by atoms with Gasteiger partial charge in [0.1, 0.15) is 0 Å². The van der Waals surface area contributed by atoms with Gasteiger partial charge in [-0.1, -0.05) is 41.1 Å². The SMILES string of the molecule is CCNC(c1cccc(C)c1Br)c1c(Br)cnn1CC. The zero-order chi connectivity index (χ0) is 14.7. The van der Waals surface area contributed by atoms with Gasteiger partial charge in [0.2, 0.25) is 0 Å². The average Bonchev–Trinajstić information content (AvgIpc) is 2.81. The lowest BCUT2D eigenvalue weighted by Gasteiger charge is -2.22. The van der Waals surface area contributed by atoms with Crippen LogP contribution in [0.15, 0.2) is 33.3 Å². The highest BCUT2D eigenvalue weighted by Gasteiger charge is 2.23. The molecule has 0 aliphatic heterocycles. The summed E-state index contributed by atoms with van der Waals surface area (Å²) in [6.45, 7) is 8.09. The average molecular weight is 401 g/mol. The molecule has 0 aliphatic carbocycles. The molecular formula is C15H19Br2N3. The molecule has 2 rings (SSSR count). The number of hydrogen-bond donors (Lipinski definition) is 1. The van der Waals surface area contributed by atoms with Gasteiger partial charge in [-0.25, -0.2) is 0 Å². The Balaban J connectivity index is 2.56. The van der Waals surface area contributed by atoms with Crippen LogP contribution in [0.5, 0.6) is 0 Å². The lowest BCUT2D eigenvalue weighted by molar-refractivity contribution is 0.539. The number of rotatable bonds is 5. The Morgan fingerprint density at radius 3 is 2.70 bits per heavy atom. The Labute approximate surface area is 137 Å². The van der Waals surface area contributed by atoms with Gasteiger partial charge in [-0.2, -0.15) is 5.10 Å². The van der Waals surface area contributed by atoms with Gasteiger partial charge in [-0.3, -0.25) is 4.68 Å². The second-order valence-electron chi connectivity index (χ2n) is 4.66. The fourth-order valence-electron chi connectivity index (χ4n) is 2.36.